The molecule has 1 aromatic heterocycles. The van der Waals surface area contributed by atoms with Crippen molar-refractivity contribution < 1.29 is 28.1 Å². The standard InChI is InChI=1S/C27H34FN5O4S/c1-31(23(34)9-5-4-7-21-25-20(17-38-21)29-27(36)30-25)15-16-32(2)26(35)18-11-13-19(14-12-18)37-24-10-6-8-22(28)33(24)3/h6,8,10-14,20-21,25H,4-5,7,9,15-17H2,1-3H3,(H-,29,30,36)/p+1/t20?,21-,25?/m0/s1. The third kappa shape index (κ3) is 6.75. The second-order valence-electron chi connectivity index (χ2n) is 9.78. The Morgan fingerprint density at radius 1 is 1.08 bits per heavy atom. The van der Waals surface area contributed by atoms with E-state index in [1.807, 2.05) is 11.8 Å². The number of urea groups is 1. The SMILES string of the molecule is CN(CCN(C)C(=O)c1ccc(Oc2cccc(F)[n+]2C)cc1)C(=O)CCCC[C@@H]1SCC2NC(=O)NC21. The van der Waals surface area contributed by atoms with Gasteiger partial charge >= 0.3 is 17.9 Å². The van der Waals surface area contributed by atoms with Crippen molar-refractivity contribution in [1.82, 2.24) is 20.4 Å². The molecule has 38 heavy (non-hydrogen) atoms. The van der Waals surface area contributed by atoms with Gasteiger partial charge in [-0.15, -0.1) is 8.96 Å². The minimum atomic E-state index is -0.418. The molecule has 2 fully saturated rings. The molecule has 2 aliphatic heterocycles. The number of likely N-dealkylation sites (N-methyl/N-ethyl adjacent to an activating group) is 2. The van der Waals surface area contributed by atoms with Gasteiger partial charge in [-0.3, -0.25) is 9.59 Å². The number of hydrogen-bond acceptors (Lipinski definition) is 5. The highest BCUT2D eigenvalue weighted by molar-refractivity contribution is 8.00. The largest absolute Gasteiger partial charge is 0.405 e. The number of aromatic nitrogens is 1. The number of hydrogen-bond donors (Lipinski definition) is 2. The third-order valence-corrected chi connectivity index (χ3v) is 8.57. The molecule has 1 aromatic carbocycles. The molecule has 3 atom stereocenters. The number of unbranched alkanes of at least 4 members (excludes halogenated alkanes) is 1. The fraction of sp³-hybridized carbons (Fsp3) is 0.481. The number of thioether (sulfide) groups is 1. The summed E-state index contributed by atoms with van der Waals surface area (Å²) in [6, 6.07) is 11.6. The molecule has 2 saturated heterocycles. The fourth-order valence-electron chi connectivity index (χ4n) is 4.63. The molecule has 11 heteroatoms. The van der Waals surface area contributed by atoms with Crippen LogP contribution in [0.4, 0.5) is 9.18 Å². The minimum Gasteiger partial charge on any atom is -0.405 e. The Labute approximate surface area is 226 Å². The fourth-order valence-corrected chi connectivity index (χ4v) is 6.17. The molecule has 2 N–H and O–H groups in total. The lowest BCUT2D eigenvalue weighted by molar-refractivity contribution is -0.703. The normalized spacial score (nSPS) is 19.9. The number of halogens is 1. The van der Waals surface area contributed by atoms with Gasteiger partial charge in [-0.05, 0) is 43.2 Å². The summed E-state index contributed by atoms with van der Waals surface area (Å²) < 4.78 is 20.7. The molecular weight excluding hydrogens is 509 g/mol. The van der Waals surface area contributed by atoms with Gasteiger partial charge in [-0.1, -0.05) is 6.42 Å². The first-order chi connectivity index (χ1) is 18.2. The number of pyridine rings is 1. The molecule has 4 amide bonds. The second-order valence-corrected chi connectivity index (χ2v) is 11.1. The van der Waals surface area contributed by atoms with Crippen LogP contribution in [-0.2, 0) is 11.8 Å². The number of benzene rings is 1. The van der Waals surface area contributed by atoms with Crippen molar-refractivity contribution >= 4 is 29.6 Å². The number of ether oxygens (including phenoxy) is 1. The van der Waals surface area contributed by atoms with Crippen LogP contribution in [0.1, 0.15) is 36.0 Å². The van der Waals surface area contributed by atoms with Crippen molar-refractivity contribution in [3.63, 3.8) is 0 Å². The van der Waals surface area contributed by atoms with Gasteiger partial charge in [-0.2, -0.15) is 11.8 Å². The number of nitrogens with one attached hydrogen (secondary N) is 2. The van der Waals surface area contributed by atoms with Crippen molar-refractivity contribution in [3.05, 3.63) is 54.0 Å². The second kappa shape index (κ2) is 12.5. The van der Waals surface area contributed by atoms with Crippen LogP contribution < -0.4 is 19.9 Å². The molecule has 4 rings (SSSR count). The maximum absolute atomic E-state index is 13.7. The van der Waals surface area contributed by atoms with Gasteiger partial charge in [-0.25, -0.2) is 4.79 Å². The van der Waals surface area contributed by atoms with Gasteiger partial charge in [0.1, 0.15) is 12.8 Å². The van der Waals surface area contributed by atoms with E-state index in [9.17, 15) is 18.8 Å². The van der Waals surface area contributed by atoms with Crippen molar-refractivity contribution in [2.75, 3.05) is 32.9 Å². The highest BCUT2D eigenvalue weighted by Crippen LogP contribution is 2.33. The molecule has 2 aliphatic rings. The van der Waals surface area contributed by atoms with Gasteiger partial charge < -0.3 is 25.2 Å². The maximum atomic E-state index is 13.7. The molecular formula is C27H35FN5O4S+. The number of carbonyl (C=O) groups excluding carboxylic acids is 3. The van der Waals surface area contributed by atoms with E-state index in [2.05, 4.69) is 10.6 Å². The van der Waals surface area contributed by atoms with E-state index < -0.39 is 5.95 Å². The zero-order chi connectivity index (χ0) is 27.2. The summed E-state index contributed by atoms with van der Waals surface area (Å²) in [6.45, 7) is 0.852. The smallest absolute Gasteiger partial charge is 0.375 e. The van der Waals surface area contributed by atoms with Crippen LogP contribution in [-0.4, -0.2) is 77.9 Å². The molecule has 0 radical (unpaired) electrons. The zero-order valence-corrected chi connectivity index (χ0v) is 22.8. The first-order valence-electron chi connectivity index (χ1n) is 12.8. The predicted octanol–water partition coefficient (Wildman–Crippen LogP) is 2.70. The van der Waals surface area contributed by atoms with E-state index in [-0.39, 0.29) is 29.9 Å². The predicted molar refractivity (Wildman–Crippen MR) is 143 cm³/mol. The Morgan fingerprint density at radius 2 is 1.82 bits per heavy atom. The average molecular weight is 545 g/mol. The van der Waals surface area contributed by atoms with E-state index in [1.165, 1.54) is 10.6 Å². The van der Waals surface area contributed by atoms with Crippen LogP contribution in [0, 0.1) is 5.95 Å². The third-order valence-electron chi connectivity index (χ3n) is 7.06. The van der Waals surface area contributed by atoms with E-state index >= 15 is 0 Å². The Morgan fingerprint density at radius 3 is 2.58 bits per heavy atom. The average Bonchev–Trinajstić information content (AvgIpc) is 3.46. The van der Waals surface area contributed by atoms with E-state index in [4.69, 9.17) is 4.74 Å². The number of carbonyl (C=O) groups is 3. The summed E-state index contributed by atoms with van der Waals surface area (Å²) in [5.41, 5.74) is 0.498. The lowest BCUT2D eigenvalue weighted by Gasteiger charge is -2.23. The van der Waals surface area contributed by atoms with Gasteiger partial charge in [0.05, 0.1) is 18.2 Å². The maximum Gasteiger partial charge on any atom is 0.375 e. The number of rotatable bonds is 11. The summed E-state index contributed by atoms with van der Waals surface area (Å²) in [5.74, 6) is 1.26. The molecule has 0 bridgehead atoms. The van der Waals surface area contributed by atoms with Crippen molar-refractivity contribution in [2.24, 2.45) is 7.05 Å². The summed E-state index contributed by atoms with van der Waals surface area (Å²) >= 11 is 1.88. The topological polar surface area (TPSA) is 94.9 Å². The van der Waals surface area contributed by atoms with Gasteiger partial charge in [0.15, 0.2) is 0 Å². The van der Waals surface area contributed by atoms with Crippen molar-refractivity contribution in [2.45, 2.75) is 43.0 Å². The number of fused-ring (bicyclic) bond motifs is 1. The van der Waals surface area contributed by atoms with Crippen molar-refractivity contribution in [1.29, 1.82) is 0 Å². The van der Waals surface area contributed by atoms with E-state index in [0.717, 1.165) is 25.0 Å². The van der Waals surface area contributed by atoms with Gasteiger partial charge in [0.2, 0.25) is 5.91 Å². The monoisotopic (exact) mass is 544 g/mol. The van der Waals surface area contributed by atoms with Gasteiger partial charge in [0, 0.05) is 56.2 Å². The van der Waals surface area contributed by atoms with Gasteiger partial charge in [0.25, 0.3) is 5.91 Å². The molecule has 2 aromatic rings. The molecule has 9 nitrogen and oxygen atoms in total. The van der Waals surface area contributed by atoms with Crippen LogP contribution in [0.15, 0.2) is 42.5 Å². The highest BCUT2D eigenvalue weighted by Gasteiger charge is 2.42. The number of nitrogens with zero attached hydrogens (tertiary/aromatic N) is 3. The molecule has 0 aliphatic carbocycles. The van der Waals surface area contributed by atoms with E-state index in [1.54, 1.807) is 67.3 Å². The Hall–Kier alpha value is -3.34. The lowest BCUT2D eigenvalue weighted by Crippen LogP contribution is -2.37. The molecule has 0 spiro atoms. The Bertz CT molecular complexity index is 1160. The number of amides is 4. The zero-order valence-electron chi connectivity index (χ0n) is 22.0. The minimum absolute atomic E-state index is 0.0608. The molecule has 3 heterocycles. The van der Waals surface area contributed by atoms with Crippen LogP contribution in [0.5, 0.6) is 11.6 Å². The Kier molecular flexibility index (Phi) is 9.09. The van der Waals surface area contributed by atoms with Crippen LogP contribution in [0.2, 0.25) is 0 Å². The summed E-state index contributed by atoms with van der Waals surface area (Å²) in [4.78, 5) is 40.1. The summed E-state index contributed by atoms with van der Waals surface area (Å²) in [6.07, 6.45) is 3.18. The summed E-state index contributed by atoms with van der Waals surface area (Å²) in [5, 5.41) is 6.35. The van der Waals surface area contributed by atoms with Crippen LogP contribution in [0.25, 0.3) is 0 Å². The first-order valence-corrected chi connectivity index (χ1v) is 13.9. The quantitative estimate of drug-likeness (QED) is 0.196. The molecule has 0 saturated carbocycles. The summed E-state index contributed by atoms with van der Waals surface area (Å²) in [7, 11) is 5.04. The highest BCUT2D eigenvalue weighted by atomic mass is 32.2. The van der Waals surface area contributed by atoms with Crippen LogP contribution in [0.3, 0.4) is 0 Å². The van der Waals surface area contributed by atoms with Crippen LogP contribution >= 0.6 is 11.8 Å². The first kappa shape index (κ1) is 27.7. The molecule has 204 valence electrons. The Balaban J connectivity index is 1.16. The van der Waals surface area contributed by atoms with E-state index in [0.29, 0.717) is 42.0 Å². The van der Waals surface area contributed by atoms with Crippen molar-refractivity contribution in [3.8, 4) is 11.6 Å². The lowest BCUT2D eigenvalue weighted by atomic mass is 10.0. The molecule has 2 unspecified atom stereocenters.